The minimum absolute atomic E-state index is 0.0316. The number of nitro groups is 2. The van der Waals surface area contributed by atoms with Gasteiger partial charge in [-0.3, -0.25) is 30.2 Å². The zero-order chi connectivity index (χ0) is 40.4. The Hall–Kier alpha value is -6.95. The number of rotatable bonds is 8. The second kappa shape index (κ2) is 18.2. The Balaban J connectivity index is 0.000000202. The number of carbonyl (C=O) groups is 2. The molecule has 0 aliphatic heterocycles. The maximum absolute atomic E-state index is 14.2. The zero-order valence-electron chi connectivity index (χ0n) is 28.5. The van der Waals surface area contributed by atoms with Crippen LogP contribution in [0.25, 0.3) is 21.8 Å². The van der Waals surface area contributed by atoms with Gasteiger partial charge in [-0.25, -0.2) is 27.2 Å². The molecule has 4 aromatic carbocycles. The summed E-state index contributed by atoms with van der Waals surface area (Å²) < 4.78 is 63.9. The fourth-order valence-electron chi connectivity index (χ4n) is 4.95. The first-order valence-electron chi connectivity index (χ1n) is 15.7. The van der Waals surface area contributed by atoms with Gasteiger partial charge in [0.05, 0.1) is 44.5 Å². The van der Waals surface area contributed by atoms with Crippen LogP contribution in [0.4, 0.5) is 46.0 Å². The summed E-state index contributed by atoms with van der Waals surface area (Å²) in [6.45, 7) is 3.40. The van der Waals surface area contributed by atoms with E-state index in [4.69, 9.17) is 22.1 Å². The Labute approximate surface area is 312 Å². The lowest BCUT2D eigenvalue weighted by Gasteiger charge is -2.12. The summed E-state index contributed by atoms with van der Waals surface area (Å²) in [5, 5.41) is 25.0. The second-order valence-electron chi connectivity index (χ2n) is 10.7. The molecule has 55 heavy (non-hydrogen) atoms. The number of ether oxygens (including phenoxy) is 2. The SMILES string of the molecule is CCOC(=O)c1cccc(N)c1[N+](=O)[O-].CCOC(=O)c1cccc(Nc2ccnc3c(F)ccc(F)c23)c1[N+](=O)[O-].Fc1ccc(F)c2c(Cl)ccnc12. The van der Waals surface area contributed by atoms with Crippen molar-refractivity contribution in [2.24, 2.45) is 0 Å². The van der Waals surface area contributed by atoms with Crippen molar-refractivity contribution in [3.63, 3.8) is 0 Å². The molecule has 0 spiro atoms. The third-order valence-electron chi connectivity index (χ3n) is 7.26. The number of nitro benzene ring substituents is 2. The molecule has 0 saturated heterocycles. The van der Waals surface area contributed by atoms with Crippen LogP contribution in [0, 0.1) is 43.5 Å². The van der Waals surface area contributed by atoms with Crippen LogP contribution in [0.3, 0.4) is 0 Å². The molecule has 19 heteroatoms. The summed E-state index contributed by atoms with van der Waals surface area (Å²) in [4.78, 5) is 51.6. The molecule has 0 fully saturated rings. The highest BCUT2D eigenvalue weighted by Gasteiger charge is 2.27. The summed E-state index contributed by atoms with van der Waals surface area (Å²) in [7, 11) is 0. The van der Waals surface area contributed by atoms with Gasteiger partial charge in [0.2, 0.25) is 0 Å². The van der Waals surface area contributed by atoms with E-state index >= 15 is 0 Å². The third kappa shape index (κ3) is 9.35. The maximum Gasteiger partial charge on any atom is 0.345 e. The molecule has 0 aliphatic rings. The summed E-state index contributed by atoms with van der Waals surface area (Å²) >= 11 is 5.69. The van der Waals surface area contributed by atoms with Gasteiger partial charge < -0.3 is 20.5 Å². The standard InChI is InChI=1S/C18H13F2N3O4.C9H4ClF2N.C9H10N2O4/c1-2-27-18(24)10-4-3-5-14(17(10)23(25)26)22-13-8-9-21-16-12(20)7-6-11(19)15(13)16;10-5-3-4-13-9-7(12)2-1-6(11)8(5)9;1-2-15-9(12)6-4-3-5-7(10)8(6)11(13)14/h3-9H,2H2,1H3,(H,21,22);1-4H;3-5H,2,10H2,1H3. The van der Waals surface area contributed by atoms with Crippen LogP contribution < -0.4 is 11.1 Å². The summed E-state index contributed by atoms with van der Waals surface area (Å²) in [5.74, 6) is -4.20. The largest absolute Gasteiger partial charge is 0.462 e. The maximum atomic E-state index is 14.2. The topological polar surface area (TPSA) is 203 Å². The number of aromatic nitrogens is 2. The molecule has 2 heterocycles. The van der Waals surface area contributed by atoms with Crippen LogP contribution in [0.1, 0.15) is 34.6 Å². The van der Waals surface area contributed by atoms with Crippen molar-refractivity contribution in [1.29, 1.82) is 0 Å². The predicted octanol–water partition coefficient (Wildman–Crippen LogP) is 8.86. The molecular weight excluding hydrogens is 756 g/mol. The molecular formula is C36H27ClF4N6O8. The van der Waals surface area contributed by atoms with E-state index in [1.165, 1.54) is 60.9 Å². The van der Waals surface area contributed by atoms with Crippen LogP contribution in [-0.2, 0) is 9.47 Å². The van der Waals surface area contributed by atoms with Crippen molar-refractivity contribution in [3.05, 3.63) is 145 Å². The minimum Gasteiger partial charge on any atom is -0.462 e. The quantitative estimate of drug-likeness (QED) is 0.0489. The Morgan fingerprint density at radius 2 is 1.16 bits per heavy atom. The van der Waals surface area contributed by atoms with E-state index in [1.54, 1.807) is 13.8 Å². The highest BCUT2D eigenvalue weighted by Crippen LogP contribution is 2.35. The summed E-state index contributed by atoms with van der Waals surface area (Å²) in [5.41, 5.74) is 3.79. The number of nitrogens with zero attached hydrogens (tertiary/aromatic N) is 4. The van der Waals surface area contributed by atoms with Crippen molar-refractivity contribution >= 4 is 73.8 Å². The first-order chi connectivity index (χ1) is 26.2. The number of pyridine rings is 2. The fraction of sp³-hybridized carbons (Fsp3) is 0.111. The fourth-order valence-corrected chi connectivity index (χ4v) is 5.19. The van der Waals surface area contributed by atoms with Gasteiger partial charge in [0, 0.05) is 12.4 Å². The van der Waals surface area contributed by atoms with E-state index < -0.39 is 56.4 Å². The van der Waals surface area contributed by atoms with Crippen molar-refractivity contribution in [1.82, 2.24) is 9.97 Å². The monoisotopic (exact) mass is 782 g/mol. The lowest BCUT2D eigenvalue weighted by Crippen LogP contribution is -2.09. The van der Waals surface area contributed by atoms with Crippen LogP contribution in [-0.4, -0.2) is 45.0 Å². The number of carbonyl (C=O) groups excluding carboxylic acids is 2. The Morgan fingerprint density at radius 1 is 0.691 bits per heavy atom. The van der Waals surface area contributed by atoms with Gasteiger partial charge in [0.15, 0.2) is 0 Å². The molecule has 0 unspecified atom stereocenters. The van der Waals surface area contributed by atoms with Crippen LogP contribution in [0.2, 0.25) is 5.02 Å². The number of nitrogens with two attached hydrogens (primary N) is 1. The van der Waals surface area contributed by atoms with E-state index in [9.17, 15) is 47.4 Å². The first kappa shape index (κ1) is 40.8. The molecule has 2 aromatic heterocycles. The minimum atomic E-state index is -0.857. The highest BCUT2D eigenvalue weighted by atomic mass is 35.5. The average Bonchev–Trinajstić information content (AvgIpc) is 3.15. The normalized spacial score (nSPS) is 10.4. The number of anilines is 3. The van der Waals surface area contributed by atoms with Gasteiger partial charge in [-0.2, -0.15) is 0 Å². The number of esters is 2. The predicted molar refractivity (Wildman–Crippen MR) is 194 cm³/mol. The van der Waals surface area contributed by atoms with Gasteiger partial charge in [0.1, 0.15) is 56.8 Å². The van der Waals surface area contributed by atoms with Gasteiger partial charge in [-0.05, 0) is 74.5 Å². The number of nitrogen functional groups attached to an aromatic ring is 1. The second-order valence-corrected chi connectivity index (χ2v) is 11.1. The molecule has 6 aromatic rings. The van der Waals surface area contributed by atoms with Crippen molar-refractivity contribution in [2.45, 2.75) is 13.8 Å². The van der Waals surface area contributed by atoms with Gasteiger partial charge in [-0.15, -0.1) is 0 Å². The Morgan fingerprint density at radius 3 is 1.69 bits per heavy atom. The molecule has 0 aliphatic carbocycles. The average molecular weight is 783 g/mol. The number of benzene rings is 4. The van der Waals surface area contributed by atoms with E-state index in [2.05, 4.69) is 20.0 Å². The molecule has 0 amide bonds. The smallest absolute Gasteiger partial charge is 0.345 e. The number of hydrogen-bond acceptors (Lipinski definition) is 12. The molecule has 0 atom stereocenters. The van der Waals surface area contributed by atoms with Crippen LogP contribution >= 0.6 is 11.6 Å². The molecule has 0 radical (unpaired) electrons. The lowest BCUT2D eigenvalue weighted by atomic mass is 10.1. The lowest BCUT2D eigenvalue weighted by molar-refractivity contribution is -0.384. The zero-order valence-corrected chi connectivity index (χ0v) is 29.3. The van der Waals surface area contributed by atoms with Crippen molar-refractivity contribution < 1.29 is 46.5 Å². The highest BCUT2D eigenvalue weighted by molar-refractivity contribution is 6.35. The summed E-state index contributed by atoms with van der Waals surface area (Å²) in [6.07, 6.45) is 2.58. The number of halogens is 5. The number of nitrogens with one attached hydrogen (secondary N) is 1. The van der Waals surface area contributed by atoms with Crippen LogP contribution in [0.5, 0.6) is 0 Å². The molecule has 284 valence electrons. The third-order valence-corrected chi connectivity index (χ3v) is 7.58. The molecule has 0 bridgehead atoms. The first-order valence-corrected chi connectivity index (χ1v) is 16.1. The van der Waals surface area contributed by atoms with Crippen LogP contribution in [0.15, 0.2) is 85.2 Å². The summed E-state index contributed by atoms with van der Waals surface area (Å²) in [6, 6.07) is 14.9. The van der Waals surface area contributed by atoms with E-state index in [1.807, 2.05) is 0 Å². The Bertz CT molecular complexity index is 2430. The van der Waals surface area contributed by atoms with Crippen molar-refractivity contribution in [2.75, 3.05) is 24.3 Å². The van der Waals surface area contributed by atoms with Gasteiger partial charge in [-0.1, -0.05) is 23.7 Å². The molecule has 6 rings (SSSR count). The van der Waals surface area contributed by atoms with E-state index in [0.717, 1.165) is 24.3 Å². The van der Waals surface area contributed by atoms with E-state index in [-0.39, 0.29) is 68.2 Å². The van der Waals surface area contributed by atoms with Gasteiger partial charge in [0.25, 0.3) is 0 Å². The van der Waals surface area contributed by atoms with Gasteiger partial charge >= 0.3 is 23.3 Å². The molecule has 3 N–H and O–H groups in total. The number of hydrogen-bond donors (Lipinski definition) is 2. The molecule has 14 nitrogen and oxygen atoms in total. The van der Waals surface area contributed by atoms with Crippen molar-refractivity contribution in [3.8, 4) is 0 Å². The van der Waals surface area contributed by atoms with E-state index in [0.29, 0.717) is 0 Å². The number of fused-ring (bicyclic) bond motifs is 2. The molecule has 0 saturated carbocycles. The Kier molecular flexibility index (Phi) is 13.5. The number of para-hydroxylation sites is 2.